The van der Waals surface area contributed by atoms with Crippen LogP contribution in [0.25, 0.3) is 0 Å². The fraction of sp³-hybridized carbons (Fsp3) is 0.400. The van der Waals surface area contributed by atoms with Gasteiger partial charge in [-0.25, -0.2) is 9.89 Å². The highest BCUT2D eigenvalue weighted by molar-refractivity contribution is 7.71. The number of likely N-dealkylation sites (tertiary alicyclic amines) is 1. The van der Waals surface area contributed by atoms with Crippen LogP contribution in [0.4, 0.5) is 4.79 Å². The van der Waals surface area contributed by atoms with Gasteiger partial charge in [-0.3, -0.25) is 0 Å². The van der Waals surface area contributed by atoms with Crippen molar-refractivity contribution >= 4 is 18.3 Å². The first kappa shape index (κ1) is 14.8. The Kier molecular flexibility index (Phi) is 4.53. The summed E-state index contributed by atoms with van der Waals surface area (Å²) < 4.78 is 10.7. The van der Waals surface area contributed by atoms with Crippen molar-refractivity contribution in [3.05, 3.63) is 46.6 Å². The van der Waals surface area contributed by atoms with Crippen molar-refractivity contribution in [2.24, 2.45) is 0 Å². The summed E-state index contributed by atoms with van der Waals surface area (Å²) in [5, 5.41) is 6.69. The third-order valence-corrected chi connectivity index (χ3v) is 3.94. The van der Waals surface area contributed by atoms with Crippen molar-refractivity contribution in [2.45, 2.75) is 25.4 Å². The molecule has 1 aromatic carbocycles. The normalized spacial score (nSPS) is 15.7. The van der Waals surface area contributed by atoms with Crippen LogP contribution >= 0.6 is 12.2 Å². The summed E-state index contributed by atoms with van der Waals surface area (Å²) in [6.07, 6.45) is 1.32. The molecule has 7 heteroatoms. The van der Waals surface area contributed by atoms with E-state index in [-0.39, 0.29) is 12.0 Å². The van der Waals surface area contributed by atoms with Crippen molar-refractivity contribution in [3.8, 4) is 0 Å². The van der Waals surface area contributed by atoms with Gasteiger partial charge in [0.05, 0.1) is 0 Å². The van der Waals surface area contributed by atoms with Crippen LogP contribution in [0, 0.1) is 4.84 Å². The van der Waals surface area contributed by atoms with Crippen LogP contribution in [-0.2, 0) is 11.3 Å². The quantitative estimate of drug-likeness (QED) is 0.879. The Balaban J connectivity index is 1.48. The fourth-order valence-electron chi connectivity index (χ4n) is 2.54. The molecule has 1 amide bonds. The number of ether oxygens (including phenoxy) is 1. The number of nitrogens with one attached hydrogen (secondary N) is 1. The Hall–Kier alpha value is -2.15. The lowest BCUT2D eigenvalue weighted by atomic mass is 9.97. The van der Waals surface area contributed by atoms with Gasteiger partial charge in [0, 0.05) is 19.0 Å². The molecule has 1 fully saturated rings. The van der Waals surface area contributed by atoms with Crippen LogP contribution in [0.1, 0.15) is 30.2 Å². The summed E-state index contributed by atoms with van der Waals surface area (Å²) in [5.74, 6) is 0.827. The molecule has 1 N–H and O–H groups in total. The first-order valence-electron chi connectivity index (χ1n) is 7.23. The van der Waals surface area contributed by atoms with Gasteiger partial charge in [0.2, 0.25) is 5.89 Å². The number of H-pyrrole nitrogens is 1. The molecule has 0 atom stereocenters. The van der Waals surface area contributed by atoms with Gasteiger partial charge in [-0.05, 0) is 30.6 Å². The summed E-state index contributed by atoms with van der Waals surface area (Å²) in [4.78, 5) is 14.1. The monoisotopic (exact) mass is 319 g/mol. The highest BCUT2D eigenvalue weighted by Crippen LogP contribution is 2.26. The lowest BCUT2D eigenvalue weighted by Gasteiger charge is -2.29. The van der Waals surface area contributed by atoms with Gasteiger partial charge in [0.15, 0.2) is 0 Å². The number of rotatable bonds is 3. The van der Waals surface area contributed by atoms with Crippen molar-refractivity contribution in [2.75, 3.05) is 13.1 Å². The average molecular weight is 319 g/mol. The topological polar surface area (TPSA) is 71.4 Å². The first-order valence-corrected chi connectivity index (χ1v) is 7.64. The van der Waals surface area contributed by atoms with Crippen molar-refractivity contribution in [1.29, 1.82) is 0 Å². The van der Waals surface area contributed by atoms with E-state index in [4.69, 9.17) is 21.4 Å². The minimum Gasteiger partial charge on any atom is -0.445 e. The number of nitrogens with zero attached hydrogens (tertiary/aromatic N) is 2. The zero-order valence-electron chi connectivity index (χ0n) is 12.0. The van der Waals surface area contributed by atoms with Gasteiger partial charge >= 0.3 is 6.09 Å². The molecule has 1 aromatic heterocycles. The molecule has 0 unspecified atom stereocenters. The number of hydrogen-bond acceptors (Lipinski definition) is 5. The molecule has 1 aliphatic rings. The summed E-state index contributed by atoms with van der Waals surface area (Å²) in [5.41, 5.74) is 0.985. The molecule has 1 saturated heterocycles. The SMILES string of the molecule is O=C(OCc1ccccc1)N1CCC(c2n[nH]c(=S)o2)CC1. The summed E-state index contributed by atoms with van der Waals surface area (Å²) >= 11 is 4.88. The van der Waals surface area contributed by atoms with Crippen LogP contribution in [0.5, 0.6) is 0 Å². The molecule has 6 nitrogen and oxygen atoms in total. The van der Waals surface area contributed by atoms with Crippen LogP contribution < -0.4 is 0 Å². The van der Waals surface area contributed by atoms with Crippen LogP contribution in [0.15, 0.2) is 34.7 Å². The molecule has 1 aliphatic heterocycles. The van der Waals surface area contributed by atoms with E-state index in [9.17, 15) is 4.79 Å². The van der Waals surface area contributed by atoms with Gasteiger partial charge in [-0.2, -0.15) is 0 Å². The highest BCUT2D eigenvalue weighted by Gasteiger charge is 2.27. The van der Waals surface area contributed by atoms with Gasteiger partial charge in [-0.1, -0.05) is 30.3 Å². The van der Waals surface area contributed by atoms with Crippen LogP contribution in [-0.4, -0.2) is 34.3 Å². The molecule has 0 spiro atoms. The van der Waals surface area contributed by atoms with Crippen LogP contribution in [0.2, 0.25) is 0 Å². The number of aromatic amines is 1. The van der Waals surface area contributed by atoms with E-state index in [0.717, 1.165) is 18.4 Å². The third-order valence-electron chi connectivity index (χ3n) is 3.76. The Morgan fingerprint density at radius 2 is 2.09 bits per heavy atom. The summed E-state index contributed by atoms with van der Waals surface area (Å²) in [6.45, 7) is 1.56. The molecular formula is C15H17N3O3S. The molecule has 0 radical (unpaired) electrons. The Morgan fingerprint density at radius 1 is 1.36 bits per heavy atom. The molecular weight excluding hydrogens is 302 g/mol. The number of benzene rings is 1. The van der Waals surface area contributed by atoms with E-state index < -0.39 is 0 Å². The fourth-order valence-corrected chi connectivity index (χ4v) is 2.67. The molecule has 0 aliphatic carbocycles. The molecule has 0 bridgehead atoms. The van der Waals surface area contributed by atoms with Crippen LogP contribution in [0.3, 0.4) is 0 Å². The lowest BCUT2D eigenvalue weighted by molar-refractivity contribution is 0.0855. The molecule has 2 aromatic rings. The van der Waals surface area contributed by atoms with E-state index in [1.165, 1.54) is 0 Å². The maximum absolute atomic E-state index is 12.1. The van der Waals surface area contributed by atoms with E-state index in [0.29, 0.717) is 30.4 Å². The smallest absolute Gasteiger partial charge is 0.410 e. The van der Waals surface area contributed by atoms with Gasteiger partial charge in [0.25, 0.3) is 4.84 Å². The number of carbonyl (C=O) groups excluding carboxylic acids is 1. The first-order chi connectivity index (χ1) is 10.7. The third kappa shape index (κ3) is 3.54. The van der Waals surface area contributed by atoms with Crippen molar-refractivity contribution < 1.29 is 13.9 Å². The number of aromatic nitrogens is 2. The zero-order valence-corrected chi connectivity index (χ0v) is 12.8. The van der Waals surface area contributed by atoms with Gasteiger partial charge in [-0.15, -0.1) is 5.10 Å². The predicted octanol–water partition coefficient (Wildman–Crippen LogP) is 3.25. The maximum Gasteiger partial charge on any atom is 0.410 e. The van der Waals surface area contributed by atoms with E-state index in [1.54, 1.807) is 4.90 Å². The Bertz CT molecular complexity index is 675. The number of amides is 1. The van der Waals surface area contributed by atoms with E-state index in [2.05, 4.69) is 10.2 Å². The Labute approximate surface area is 133 Å². The highest BCUT2D eigenvalue weighted by atomic mass is 32.1. The van der Waals surface area contributed by atoms with E-state index in [1.807, 2.05) is 30.3 Å². The number of hydrogen-bond donors (Lipinski definition) is 1. The second-order valence-electron chi connectivity index (χ2n) is 5.25. The molecule has 0 saturated carbocycles. The average Bonchev–Trinajstić information content (AvgIpc) is 3.00. The van der Waals surface area contributed by atoms with E-state index >= 15 is 0 Å². The zero-order chi connectivity index (χ0) is 15.4. The molecule has 22 heavy (non-hydrogen) atoms. The maximum atomic E-state index is 12.1. The summed E-state index contributed by atoms with van der Waals surface area (Å²) in [6, 6.07) is 9.66. The standard InChI is InChI=1S/C15H17N3O3S/c19-15(20-10-11-4-2-1-3-5-11)18-8-6-12(7-9-18)13-16-17-14(22)21-13/h1-5,12H,6-10H2,(H,17,22). The second-order valence-corrected chi connectivity index (χ2v) is 5.62. The molecule has 116 valence electrons. The number of carbonyl (C=O) groups is 1. The van der Waals surface area contributed by atoms with Gasteiger partial charge in [0.1, 0.15) is 6.61 Å². The van der Waals surface area contributed by atoms with Crippen molar-refractivity contribution in [1.82, 2.24) is 15.1 Å². The molecule has 3 rings (SSSR count). The minimum atomic E-state index is -0.273. The number of piperidine rings is 1. The lowest BCUT2D eigenvalue weighted by Crippen LogP contribution is -2.38. The minimum absolute atomic E-state index is 0.200. The second kappa shape index (κ2) is 6.74. The summed E-state index contributed by atoms with van der Waals surface area (Å²) in [7, 11) is 0. The van der Waals surface area contributed by atoms with Gasteiger partial charge < -0.3 is 14.1 Å². The largest absolute Gasteiger partial charge is 0.445 e. The Morgan fingerprint density at radius 3 is 2.73 bits per heavy atom. The predicted molar refractivity (Wildman–Crippen MR) is 81.9 cm³/mol. The van der Waals surface area contributed by atoms with Crippen molar-refractivity contribution in [3.63, 3.8) is 0 Å². The molecule has 2 heterocycles.